The molecule has 0 radical (unpaired) electrons. The van der Waals surface area contributed by atoms with E-state index in [4.69, 9.17) is 0 Å². The highest BCUT2D eigenvalue weighted by atomic mass is 79.9. The molecular formula is C14H20BrN. The van der Waals surface area contributed by atoms with Gasteiger partial charge in [0.2, 0.25) is 0 Å². The zero-order valence-electron chi connectivity index (χ0n) is 10.2. The second-order valence-corrected chi connectivity index (χ2v) is 5.23. The Morgan fingerprint density at radius 1 is 1.38 bits per heavy atom. The van der Waals surface area contributed by atoms with Crippen molar-refractivity contribution in [3.8, 4) is 0 Å². The predicted molar refractivity (Wildman–Crippen MR) is 74.5 cm³/mol. The van der Waals surface area contributed by atoms with Crippen molar-refractivity contribution in [3.05, 3.63) is 29.3 Å². The van der Waals surface area contributed by atoms with Gasteiger partial charge in [0.25, 0.3) is 0 Å². The van der Waals surface area contributed by atoms with Crippen LogP contribution in [0.4, 0.5) is 5.69 Å². The molecule has 0 bridgehead atoms. The lowest BCUT2D eigenvalue weighted by Gasteiger charge is -2.25. The van der Waals surface area contributed by atoms with Crippen molar-refractivity contribution >= 4 is 21.6 Å². The number of halogens is 1. The van der Waals surface area contributed by atoms with Crippen molar-refractivity contribution in [3.63, 3.8) is 0 Å². The quantitative estimate of drug-likeness (QED) is 0.729. The molecule has 0 atom stereocenters. The molecule has 88 valence electrons. The Labute approximate surface area is 107 Å². The first-order valence-corrected chi connectivity index (χ1v) is 7.30. The van der Waals surface area contributed by atoms with Crippen LogP contribution >= 0.6 is 15.9 Å². The summed E-state index contributed by atoms with van der Waals surface area (Å²) in [5.74, 6) is 0. The Bertz CT molecular complexity index is 358. The van der Waals surface area contributed by atoms with Crippen LogP contribution in [0.1, 0.15) is 37.3 Å². The smallest absolute Gasteiger partial charge is 0.0371 e. The molecule has 2 heteroatoms. The van der Waals surface area contributed by atoms with Crippen LogP contribution < -0.4 is 4.90 Å². The maximum Gasteiger partial charge on any atom is 0.0371 e. The molecule has 1 nitrogen and oxygen atoms in total. The molecule has 0 N–H and O–H groups in total. The molecule has 16 heavy (non-hydrogen) atoms. The minimum absolute atomic E-state index is 0.814. The van der Waals surface area contributed by atoms with E-state index in [1.165, 1.54) is 42.6 Å². The molecule has 2 rings (SSSR count). The summed E-state index contributed by atoms with van der Waals surface area (Å²) in [4.78, 5) is 2.57. The van der Waals surface area contributed by atoms with Crippen molar-refractivity contribution in [2.24, 2.45) is 0 Å². The van der Waals surface area contributed by atoms with Gasteiger partial charge in [-0.25, -0.2) is 0 Å². The minimum atomic E-state index is 0.814. The van der Waals surface area contributed by atoms with Crippen LogP contribution in [0.5, 0.6) is 0 Å². The van der Waals surface area contributed by atoms with Crippen molar-refractivity contribution in [2.45, 2.75) is 44.5 Å². The molecule has 0 unspecified atom stereocenters. The number of hydrogen-bond acceptors (Lipinski definition) is 1. The van der Waals surface area contributed by atoms with E-state index in [9.17, 15) is 0 Å². The summed E-state index contributed by atoms with van der Waals surface area (Å²) in [6, 6.07) is 7.68. The topological polar surface area (TPSA) is 3.24 Å². The summed E-state index contributed by atoms with van der Waals surface area (Å²) >= 11 is 3.53. The molecule has 0 aromatic heterocycles. The number of aryl methyl sites for hydroxylation is 1. The second-order valence-electron chi connectivity index (χ2n) is 4.67. The number of benzene rings is 1. The first-order valence-electron chi connectivity index (χ1n) is 6.18. The highest BCUT2D eigenvalue weighted by Crippen LogP contribution is 2.32. The average molecular weight is 282 g/mol. The fourth-order valence-corrected chi connectivity index (χ4v) is 2.79. The lowest BCUT2D eigenvalue weighted by Crippen LogP contribution is -2.26. The van der Waals surface area contributed by atoms with Gasteiger partial charge in [0.1, 0.15) is 0 Å². The Morgan fingerprint density at radius 2 is 2.12 bits per heavy atom. The van der Waals surface area contributed by atoms with Crippen molar-refractivity contribution in [1.82, 2.24) is 0 Å². The number of alkyl halides is 1. The summed E-state index contributed by atoms with van der Waals surface area (Å²) in [6.45, 7) is 5.66. The van der Waals surface area contributed by atoms with Crippen molar-refractivity contribution in [2.75, 3.05) is 11.4 Å². The van der Waals surface area contributed by atoms with Gasteiger partial charge in [-0.15, -0.1) is 0 Å². The fourth-order valence-electron chi connectivity index (χ4n) is 2.16. The predicted octanol–water partition coefficient (Wildman–Crippen LogP) is 4.27. The van der Waals surface area contributed by atoms with Crippen LogP contribution in [0.2, 0.25) is 0 Å². The molecule has 1 aliphatic rings. The van der Waals surface area contributed by atoms with Gasteiger partial charge in [0.15, 0.2) is 0 Å². The summed E-state index contributed by atoms with van der Waals surface area (Å²) in [7, 11) is 0. The number of rotatable bonds is 5. The van der Waals surface area contributed by atoms with Gasteiger partial charge in [-0.2, -0.15) is 0 Å². The summed E-state index contributed by atoms with van der Waals surface area (Å²) < 4.78 is 0. The van der Waals surface area contributed by atoms with Gasteiger partial charge in [0.05, 0.1) is 0 Å². The first-order chi connectivity index (χ1) is 7.76. The average Bonchev–Trinajstić information content (AvgIpc) is 3.09. The molecule has 1 saturated carbocycles. The Hall–Kier alpha value is -0.500. The Morgan fingerprint density at radius 3 is 2.62 bits per heavy atom. The Kier molecular flexibility index (Phi) is 3.91. The molecule has 1 fully saturated rings. The zero-order chi connectivity index (χ0) is 11.5. The van der Waals surface area contributed by atoms with Crippen LogP contribution in [-0.2, 0) is 5.33 Å². The molecule has 0 heterocycles. The lowest BCUT2D eigenvalue weighted by molar-refractivity contribution is 0.762. The first kappa shape index (κ1) is 12.0. The summed E-state index contributed by atoms with van der Waals surface area (Å²) in [5, 5.41) is 0.955. The van der Waals surface area contributed by atoms with Gasteiger partial charge < -0.3 is 4.90 Å². The second kappa shape index (κ2) is 5.22. The third-order valence-electron chi connectivity index (χ3n) is 3.25. The third kappa shape index (κ3) is 2.60. The van der Waals surface area contributed by atoms with Crippen LogP contribution in [-0.4, -0.2) is 12.6 Å². The normalized spacial score (nSPS) is 15.2. The van der Waals surface area contributed by atoms with Gasteiger partial charge in [-0.1, -0.05) is 28.9 Å². The van der Waals surface area contributed by atoms with Gasteiger partial charge >= 0.3 is 0 Å². The SMILES string of the molecule is CCCN(c1ccc(CBr)c(C)c1)C1CC1. The Balaban J connectivity index is 2.20. The van der Waals surface area contributed by atoms with E-state index < -0.39 is 0 Å². The highest BCUT2D eigenvalue weighted by molar-refractivity contribution is 9.08. The molecule has 0 spiro atoms. The zero-order valence-corrected chi connectivity index (χ0v) is 11.8. The van der Waals surface area contributed by atoms with Gasteiger partial charge in [0, 0.05) is 23.6 Å². The molecule has 1 aliphatic carbocycles. The van der Waals surface area contributed by atoms with Crippen molar-refractivity contribution in [1.29, 1.82) is 0 Å². The van der Waals surface area contributed by atoms with E-state index in [-0.39, 0.29) is 0 Å². The number of hydrogen-bond donors (Lipinski definition) is 0. The van der Waals surface area contributed by atoms with Crippen LogP contribution in [0, 0.1) is 6.92 Å². The third-order valence-corrected chi connectivity index (χ3v) is 3.86. The van der Waals surface area contributed by atoms with Gasteiger partial charge in [-0.3, -0.25) is 0 Å². The largest absolute Gasteiger partial charge is 0.369 e. The van der Waals surface area contributed by atoms with E-state index in [0.717, 1.165) is 11.4 Å². The maximum atomic E-state index is 3.53. The van der Waals surface area contributed by atoms with E-state index >= 15 is 0 Å². The van der Waals surface area contributed by atoms with Crippen LogP contribution in [0.25, 0.3) is 0 Å². The number of nitrogens with zero attached hydrogens (tertiary/aromatic N) is 1. The van der Waals surface area contributed by atoms with E-state index in [2.05, 4.69) is 52.9 Å². The molecular weight excluding hydrogens is 262 g/mol. The fraction of sp³-hybridized carbons (Fsp3) is 0.571. The van der Waals surface area contributed by atoms with Gasteiger partial charge in [-0.05, 0) is 49.4 Å². The van der Waals surface area contributed by atoms with Crippen LogP contribution in [0.3, 0.4) is 0 Å². The summed E-state index contributed by atoms with van der Waals surface area (Å²) in [6.07, 6.45) is 3.98. The molecule has 1 aromatic rings. The molecule has 1 aromatic carbocycles. The minimum Gasteiger partial charge on any atom is -0.369 e. The summed E-state index contributed by atoms with van der Waals surface area (Å²) in [5.41, 5.74) is 4.21. The van der Waals surface area contributed by atoms with E-state index in [1.54, 1.807) is 0 Å². The van der Waals surface area contributed by atoms with E-state index in [1.807, 2.05) is 0 Å². The maximum absolute atomic E-state index is 3.53. The molecule has 0 amide bonds. The van der Waals surface area contributed by atoms with Crippen molar-refractivity contribution < 1.29 is 0 Å². The number of anilines is 1. The molecule has 0 saturated heterocycles. The standard InChI is InChI=1S/C14H20BrN/c1-3-8-16(13-6-7-13)14-5-4-12(10-15)11(2)9-14/h4-5,9,13H,3,6-8,10H2,1-2H3. The van der Waals surface area contributed by atoms with Crippen LogP contribution in [0.15, 0.2) is 18.2 Å². The molecule has 0 aliphatic heterocycles. The highest BCUT2D eigenvalue weighted by Gasteiger charge is 2.28. The van der Waals surface area contributed by atoms with E-state index in [0.29, 0.717) is 0 Å². The lowest BCUT2D eigenvalue weighted by atomic mass is 10.1. The monoisotopic (exact) mass is 281 g/mol.